The van der Waals surface area contributed by atoms with E-state index in [2.05, 4.69) is 15.1 Å². The Labute approximate surface area is 151 Å². The number of fused-ring (bicyclic) bond motifs is 2. The Morgan fingerprint density at radius 2 is 1.96 bits per heavy atom. The number of pyridine rings is 1. The standard InChI is InChI=1S/C19H23N5O2/c25-18-14(11-13-3-1-2-4-15(13)20-18)19(26)23-8-7-16-21-17(12-5-6-12)22-24(16)10-9-23/h11-12H,1-10H2,(H,20,25). The average Bonchev–Trinajstić information content (AvgIpc) is 3.45. The highest BCUT2D eigenvalue weighted by molar-refractivity contribution is 5.94. The van der Waals surface area contributed by atoms with Crippen LogP contribution in [0, 0.1) is 0 Å². The van der Waals surface area contributed by atoms with Gasteiger partial charge in [0.15, 0.2) is 5.82 Å². The summed E-state index contributed by atoms with van der Waals surface area (Å²) in [5.74, 6) is 2.29. The highest BCUT2D eigenvalue weighted by Crippen LogP contribution is 2.38. The van der Waals surface area contributed by atoms with E-state index in [1.54, 1.807) is 4.90 Å². The fraction of sp³-hybridized carbons (Fsp3) is 0.579. The molecule has 7 nitrogen and oxygen atoms in total. The molecule has 26 heavy (non-hydrogen) atoms. The summed E-state index contributed by atoms with van der Waals surface area (Å²) >= 11 is 0. The molecular formula is C19H23N5O2. The molecule has 7 heteroatoms. The SMILES string of the molecule is O=C(c1cc2c([nH]c1=O)CCCC2)N1CCc2nc(C3CC3)nn2CC1. The molecular weight excluding hydrogens is 330 g/mol. The summed E-state index contributed by atoms with van der Waals surface area (Å²) in [7, 11) is 0. The van der Waals surface area contributed by atoms with Gasteiger partial charge in [-0.3, -0.25) is 9.59 Å². The predicted molar refractivity (Wildman–Crippen MR) is 95.3 cm³/mol. The van der Waals surface area contributed by atoms with Crippen molar-refractivity contribution in [2.45, 2.75) is 57.4 Å². The highest BCUT2D eigenvalue weighted by Gasteiger charge is 2.30. The summed E-state index contributed by atoms with van der Waals surface area (Å²) in [5.41, 5.74) is 2.15. The molecule has 2 aliphatic carbocycles. The minimum absolute atomic E-state index is 0.173. The number of aryl methyl sites for hydroxylation is 2. The Kier molecular flexibility index (Phi) is 3.69. The Balaban J connectivity index is 1.36. The van der Waals surface area contributed by atoms with Crippen molar-refractivity contribution in [1.82, 2.24) is 24.6 Å². The van der Waals surface area contributed by atoms with Crippen LogP contribution in [-0.2, 0) is 25.8 Å². The number of H-pyrrole nitrogens is 1. The van der Waals surface area contributed by atoms with E-state index in [1.165, 1.54) is 12.8 Å². The van der Waals surface area contributed by atoms with Gasteiger partial charge in [-0.2, -0.15) is 5.10 Å². The molecule has 2 aromatic rings. The van der Waals surface area contributed by atoms with Crippen molar-refractivity contribution < 1.29 is 4.79 Å². The van der Waals surface area contributed by atoms with Crippen LogP contribution in [0.2, 0.25) is 0 Å². The Morgan fingerprint density at radius 1 is 1.12 bits per heavy atom. The van der Waals surface area contributed by atoms with Crippen LogP contribution in [0.1, 0.15) is 64.9 Å². The van der Waals surface area contributed by atoms with Gasteiger partial charge in [-0.15, -0.1) is 0 Å². The molecule has 0 aromatic carbocycles. The zero-order valence-electron chi connectivity index (χ0n) is 14.8. The number of hydrogen-bond donors (Lipinski definition) is 1. The summed E-state index contributed by atoms with van der Waals surface area (Å²) in [6.45, 7) is 1.79. The average molecular weight is 353 g/mol. The van der Waals surface area contributed by atoms with E-state index in [4.69, 9.17) is 0 Å². The monoisotopic (exact) mass is 353 g/mol. The second-order valence-electron chi connectivity index (χ2n) is 7.65. The Hall–Kier alpha value is -2.44. The van der Waals surface area contributed by atoms with Crippen molar-refractivity contribution in [3.05, 3.63) is 44.9 Å². The minimum atomic E-state index is -0.258. The van der Waals surface area contributed by atoms with Crippen LogP contribution in [0.3, 0.4) is 0 Å². The normalized spacial score (nSPS) is 19.6. The van der Waals surface area contributed by atoms with Gasteiger partial charge >= 0.3 is 0 Å². The maximum Gasteiger partial charge on any atom is 0.261 e. The van der Waals surface area contributed by atoms with Crippen LogP contribution in [0.5, 0.6) is 0 Å². The molecule has 0 spiro atoms. The van der Waals surface area contributed by atoms with E-state index < -0.39 is 0 Å². The number of nitrogens with one attached hydrogen (secondary N) is 1. The van der Waals surface area contributed by atoms with Gasteiger partial charge in [0, 0.05) is 31.1 Å². The van der Waals surface area contributed by atoms with E-state index in [1.807, 2.05) is 10.7 Å². The first-order valence-corrected chi connectivity index (χ1v) is 9.67. The quantitative estimate of drug-likeness (QED) is 0.885. The van der Waals surface area contributed by atoms with Crippen molar-refractivity contribution in [3.63, 3.8) is 0 Å². The second-order valence-corrected chi connectivity index (χ2v) is 7.65. The van der Waals surface area contributed by atoms with Crippen molar-refractivity contribution in [3.8, 4) is 0 Å². The van der Waals surface area contributed by atoms with Crippen molar-refractivity contribution >= 4 is 5.91 Å². The zero-order chi connectivity index (χ0) is 17.7. The maximum atomic E-state index is 13.0. The first kappa shape index (κ1) is 15.8. The molecule has 5 rings (SSSR count). The number of aromatic nitrogens is 4. The molecule has 1 amide bonds. The van der Waals surface area contributed by atoms with E-state index in [9.17, 15) is 9.59 Å². The largest absolute Gasteiger partial charge is 0.336 e. The number of nitrogens with zero attached hydrogens (tertiary/aromatic N) is 4. The van der Waals surface area contributed by atoms with E-state index in [-0.39, 0.29) is 17.0 Å². The Bertz CT molecular complexity index is 899. The van der Waals surface area contributed by atoms with Gasteiger partial charge in [0.2, 0.25) is 0 Å². The van der Waals surface area contributed by atoms with Gasteiger partial charge in [-0.05, 0) is 50.2 Å². The number of aromatic amines is 1. The van der Waals surface area contributed by atoms with Gasteiger partial charge in [0.1, 0.15) is 11.4 Å². The van der Waals surface area contributed by atoms with Gasteiger partial charge in [0.25, 0.3) is 11.5 Å². The molecule has 1 N–H and O–H groups in total. The third-order valence-electron chi connectivity index (χ3n) is 5.75. The fourth-order valence-electron chi connectivity index (χ4n) is 4.04. The molecule has 136 valence electrons. The van der Waals surface area contributed by atoms with Crippen LogP contribution in [-0.4, -0.2) is 43.6 Å². The van der Waals surface area contributed by atoms with Crippen LogP contribution in [0.4, 0.5) is 0 Å². The van der Waals surface area contributed by atoms with Crippen LogP contribution < -0.4 is 5.56 Å². The molecule has 1 fully saturated rings. The molecule has 0 saturated heterocycles. The lowest BCUT2D eigenvalue weighted by Crippen LogP contribution is -2.37. The van der Waals surface area contributed by atoms with Gasteiger partial charge in [-0.1, -0.05) is 0 Å². The molecule has 0 atom stereocenters. The van der Waals surface area contributed by atoms with Gasteiger partial charge in [0.05, 0.1) is 6.54 Å². The lowest BCUT2D eigenvalue weighted by Gasteiger charge is -2.21. The first-order valence-electron chi connectivity index (χ1n) is 9.67. The fourth-order valence-corrected chi connectivity index (χ4v) is 4.04. The molecule has 3 aliphatic rings. The third kappa shape index (κ3) is 2.75. The van der Waals surface area contributed by atoms with E-state index in [0.29, 0.717) is 32.0 Å². The van der Waals surface area contributed by atoms with Crippen molar-refractivity contribution in [2.24, 2.45) is 0 Å². The lowest BCUT2D eigenvalue weighted by molar-refractivity contribution is 0.0756. The summed E-state index contributed by atoms with van der Waals surface area (Å²) in [6.07, 6.45) is 7.13. The lowest BCUT2D eigenvalue weighted by atomic mass is 9.95. The number of rotatable bonds is 2. The topological polar surface area (TPSA) is 83.9 Å². The molecule has 1 saturated carbocycles. The zero-order valence-corrected chi connectivity index (χ0v) is 14.8. The smallest absolute Gasteiger partial charge is 0.261 e. The number of carbonyl (C=O) groups is 1. The minimum Gasteiger partial charge on any atom is -0.336 e. The Morgan fingerprint density at radius 3 is 2.81 bits per heavy atom. The number of hydrogen-bond acceptors (Lipinski definition) is 4. The summed E-state index contributed by atoms with van der Waals surface area (Å²) in [5, 5.41) is 4.61. The maximum absolute atomic E-state index is 13.0. The predicted octanol–water partition coefficient (Wildman–Crippen LogP) is 1.42. The summed E-state index contributed by atoms with van der Waals surface area (Å²) in [4.78, 5) is 34.8. The molecule has 0 bridgehead atoms. The third-order valence-corrected chi connectivity index (χ3v) is 5.75. The van der Waals surface area contributed by atoms with Crippen LogP contribution in [0.15, 0.2) is 10.9 Å². The second kappa shape index (κ2) is 6.07. The van der Waals surface area contributed by atoms with Gasteiger partial charge in [-0.25, -0.2) is 9.67 Å². The highest BCUT2D eigenvalue weighted by atomic mass is 16.2. The van der Waals surface area contributed by atoms with E-state index >= 15 is 0 Å². The molecule has 0 radical (unpaired) electrons. The molecule has 3 heterocycles. The van der Waals surface area contributed by atoms with Crippen LogP contribution >= 0.6 is 0 Å². The van der Waals surface area contributed by atoms with Gasteiger partial charge < -0.3 is 9.88 Å². The summed E-state index contributed by atoms with van der Waals surface area (Å²) < 4.78 is 1.94. The first-order chi connectivity index (χ1) is 12.7. The number of amides is 1. The number of carbonyl (C=O) groups excluding carboxylic acids is 1. The molecule has 1 aliphatic heterocycles. The van der Waals surface area contributed by atoms with Crippen LogP contribution in [0.25, 0.3) is 0 Å². The van der Waals surface area contributed by atoms with E-state index in [0.717, 1.165) is 48.6 Å². The van der Waals surface area contributed by atoms with Crippen molar-refractivity contribution in [2.75, 3.05) is 13.1 Å². The summed E-state index contributed by atoms with van der Waals surface area (Å²) in [6, 6.07) is 1.82. The molecule has 2 aromatic heterocycles. The molecule has 0 unspecified atom stereocenters. The van der Waals surface area contributed by atoms with Crippen molar-refractivity contribution in [1.29, 1.82) is 0 Å².